The molecule has 108 valence electrons. The van der Waals surface area contributed by atoms with Gasteiger partial charge in [-0.05, 0) is 25.1 Å². The summed E-state index contributed by atoms with van der Waals surface area (Å²) in [5.41, 5.74) is 0.940. The summed E-state index contributed by atoms with van der Waals surface area (Å²) in [5.74, 6) is -0.601. The molecule has 0 unspecified atom stereocenters. The number of nitrogens with one attached hydrogen (secondary N) is 2. The lowest BCUT2D eigenvalue weighted by Gasteiger charge is -2.26. The number of fused-ring (bicyclic) bond motifs is 1. The molecule has 0 radical (unpaired) electrons. The largest absolute Gasteiger partial charge is 0.314 e. The Bertz CT molecular complexity index is 446. The molecule has 5 heteroatoms. The molecule has 2 aliphatic rings. The lowest BCUT2D eigenvalue weighted by Crippen LogP contribution is -2.43. The van der Waals surface area contributed by atoms with Crippen LogP contribution in [0.4, 0.5) is 0 Å². The van der Waals surface area contributed by atoms with Crippen molar-refractivity contribution in [3.8, 4) is 0 Å². The summed E-state index contributed by atoms with van der Waals surface area (Å²) in [6, 6.07) is 6.74. The van der Waals surface area contributed by atoms with Crippen molar-refractivity contribution in [3.63, 3.8) is 0 Å². The third kappa shape index (κ3) is 3.65. The number of hydrogen-bond donors (Lipinski definition) is 2. The number of benzene rings is 1. The van der Waals surface area contributed by atoms with Crippen LogP contribution >= 0.6 is 0 Å². The van der Waals surface area contributed by atoms with Crippen LogP contribution in [-0.2, 0) is 0 Å². The van der Waals surface area contributed by atoms with E-state index >= 15 is 0 Å². The van der Waals surface area contributed by atoms with Gasteiger partial charge in [0, 0.05) is 26.2 Å². The first-order valence-corrected chi connectivity index (χ1v) is 7.10. The Morgan fingerprint density at radius 1 is 1.05 bits per heavy atom. The van der Waals surface area contributed by atoms with Crippen LogP contribution in [0.25, 0.3) is 0 Å². The third-order valence-electron chi connectivity index (χ3n) is 3.39. The Kier molecular flexibility index (Phi) is 5.26. The number of amides is 2. The highest BCUT2D eigenvalue weighted by atomic mass is 16.2. The number of hydrogen-bond acceptors (Lipinski definition) is 4. The first-order valence-electron chi connectivity index (χ1n) is 7.10. The molecule has 2 N–H and O–H groups in total. The Morgan fingerprint density at radius 2 is 1.60 bits per heavy atom. The maximum Gasteiger partial charge on any atom is 0.258 e. The van der Waals surface area contributed by atoms with Gasteiger partial charge in [0.15, 0.2) is 0 Å². The highest BCUT2D eigenvalue weighted by molar-refractivity contribution is 6.21. The molecule has 5 nitrogen and oxygen atoms in total. The molecule has 0 saturated carbocycles. The molecular weight excluding hydrogens is 254 g/mol. The van der Waals surface area contributed by atoms with E-state index in [0.717, 1.165) is 0 Å². The maximum atomic E-state index is 10.9. The predicted octanol–water partition coefficient (Wildman–Crippen LogP) is 0.872. The van der Waals surface area contributed by atoms with Crippen LogP contribution in [0.2, 0.25) is 0 Å². The summed E-state index contributed by atoms with van der Waals surface area (Å²) >= 11 is 0. The maximum absolute atomic E-state index is 10.9. The smallest absolute Gasteiger partial charge is 0.258 e. The van der Waals surface area contributed by atoms with Gasteiger partial charge in [0.2, 0.25) is 0 Å². The molecule has 0 atom stereocenters. The lowest BCUT2D eigenvalue weighted by atomic mass is 10.1. The zero-order valence-electron chi connectivity index (χ0n) is 11.8. The molecule has 1 aromatic rings. The summed E-state index contributed by atoms with van der Waals surface area (Å²) in [4.78, 5) is 24.4. The number of nitrogens with zero attached hydrogens (tertiary/aromatic N) is 1. The average Bonchev–Trinajstić information content (AvgIpc) is 2.77. The minimum absolute atomic E-state index is 0.300. The van der Waals surface area contributed by atoms with Crippen LogP contribution in [0.5, 0.6) is 0 Å². The average molecular weight is 275 g/mol. The Labute approximate surface area is 119 Å². The van der Waals surface area contributed by atoms with E-state index in [1.54, 1.807) is 24.3 Å². The first-order chi connectivity index (χ1) is 9.72. The zero-order chi connectivity index (χ0) is 14.4. The van der Waals surface area contributed by atoms with Crippen molar-refractivity contribution >= 4 is 11.8 Å². The van der Waals surface area contributed by atoms with Crippen molar-refractivity contribution < 1.29 is 9.59 Å². The molecule has 0 aromatic heterocycles. The van der Waals surface area contributed by atoms with Crippen molar-refractivity contribution in [1.29, 1.82) is 0 Å². The van der Waals surface area contributed by atoms with E-state index in [1.807, 2.05) is 0 Å². The molecule has 1 fully saturated rings. The molecule has 0 spiro atoms. The summed E-state index contributed by atoms with van der Waals surface area (Å²) in [7, 11) is 0. The molecule has 20 heavy (non-hydrogen) atoms. The Morgan fingerprint density at radius 3 is 2.10 bits per heavy atom. The molecule has 0 aliphatic carbocycles. The van der Waals surface area contributed by atoms with Gasteiger partial charge >= 0.3 is 0 Å². The first kappa shape index (κ1) is 14.7. The summed E-state index contributed by atoms with van der Waals surface area (Å²) in [6.07, 6.45) is 1.29. The lowest BCUT2D eigenvalue weighted by molar-refractivity contribution is 0.0879. The quantitative estimate of drug-likeness (QED) is 0.786. The van der Waals surface area contributed by atoms with Gasteiger partial charge in [-0.2, -0.15) is 0 Å². The number of carbonyl (C=O) groups is 2. The van der Waals surface area contributed by atoms with E-state index < -0.39 is 0 Å². The fourth-order valence-corrected chi connectivity index (χ4v) is 2.37. The van der Waals surface area contributed by atoms with Gasteiger partial charge < -0.3 is 10.2 Å². The standard InChI is InChI=1S/C8H5NO2.C7H16N2/c10-7-5-3-1-2-4-6(5)8(11)9-7;1-2-5-9-6-3-8-4-7-9/h1-4H,(H,9,10,11);8H,2-7H2,1H3. The molecule has 2 aliphatic heterocycles. The van der Waals surface area contributed by atoms with Gasteiger partial charge in [-0.15, -0.1) is 0 Å². The van der Waals surface area contributed by atoms with Crippen molar-refractivity contribution in [2.45, 2.75) is 13.3 Å². The summed E-state index contributed by atoms with van der Waals surface area (Å²) < 4.78 is 0. The summed E-state index contributed by atoms with van der Waals surface area (Å²) in [5, 5.41) is 5.54. The fraction of sp³-hybridized carbons (Fsp3) is 0.467. The Balaban J connectivity index is 0.000000151. The van der Waals surface area contributed by atoms with Crippen LogP contribution in [-0.4, -0.2) is 49.4 Å². The SMILES string of the molecule is CCCN1CCNCC1.O=C1NC(=O)c2ccccc21. The molecule has 1 saturated heterocycles. The van der Waals surface area contributed by atoms with E-state index in [0.29, 0.717) is 11.1 Å². The van der Waals surface area contributed by atoms with Crippen molar-refractivity contribution in [1.82, 2.24) is 15.5 Å². The normalized spacial score (nSPS) is 18.1. The minimum Gasteiger partial charge on any atom is -0.314 e. The highest BCUT2D eigenvalue weighted by Gasteiger charge is 2.25. The monoisotopic (exact) mass is 275 g/mol. The van der Waals surface area contributed by atoms with Crippen LogP contribution in [0, 0.1) is 0 Å². The van der Waals surface area contributed by atoms with Gasteiger partial charge in [-0.1, -0.05) is 19.1 Å². The predicted molar refractivity (Wildman–Crippen MR) is 77.8 cm³/mol. The number of carbonyl (C=O) groups excluding carboxylic acids is 2. The topological polar surface area (TPSA) is 61.4 Å². The second-order valence-corrected chi connectivity index (χ2v) is 4.92. The molecule has 2 heterocycles. The van der Waals surface area contributed by atoms with Gasteiger partial charge in [0.25, 0.3) is 11.8 Å². The van der Waals surface area contributed by atoms with E-state index in [4.69, 9.17) is 0 Å². The highest BCUT2D eigenvalue weighted by Crippen LogP contribution is 2.13. The van der Waals surface area contributed by atoms with Gasteiger partial charge in [0.1, 0.15) is 0 Å². The van der Waals surface area contributed by atoms with Crippen molar-refractivity contribution in [2.24, 2.45) is 0 Å². The summed E-state index contributed by atoms with van der Waals surface area (Å²) in [6.45, 7) is 8.37. The van der Waals surface area contributed by atoms with Crippen molar-refractivity contribution in [3.05, 3.63) is 35.4 Å². The number of piperazine rings is 1. The van der Waals surface area contributed by atoms with E-state index in [9.17, 15) is 9.59 Å². The minimum atomic E-state index is -0.300. The van der Waals surface area contributed by atoms with Crippen LogP contribution in [0.1, 0.15) is 34.1 Å². The number of imide groups is 1. The van der Waals surface area contributed by atoms with Crippen LogP contribution < -0.4 is 10.6 Å². The Hall–Kier alpha value is -1.72. The zero-order valence-corrected chi connectivity index (χ0v) is 11.8. The van der Waals surface area contributed by atoms with Crippen molar-refractivity contribution in [2.75, 3.05) is 32.7 Å². The van der Waals surface area contributed by atoms with E-state index in [1.165, 1.54) is 39.1 Å². The van der Waals surface area contributed by atoms with Gasteiger partial charge in [0.05, 0.1) is 11.1 Å². The number of rotatable bonds is 2. The van der Waals surface area contributed by atoms with Crippen LogP contribution in [0.15, 0.2) is 24.3 Å². The van der Waals surface area contributed by atoms with Crippen LogP contribution in [0.3, 0.4) is 0 Å². The van der Waals surface area contributed by atoms with Gasteiger partial charge in [-0.25, -0.2) is 0 Å². The van der Waals surface area contributed by atoms with E-state index in [-0.39, 0.29) is 11.8 Å². The third-order valence-corrected chi connectivity index (χ3v) is 3.39. The second kappa shape index (κ2) is 7.17. The van der Waals surface area contributed by atoms with E-state index in [2.05, 4.69) is 22.5 Å². The fourth-order valence-electron chi connectivity index (χ4n) is 2.37. The molecule has 1 aromatic carbocycles. The molecular formula is C15H21N3O2. The molecule has 3 rings (SSSR count). The second-order valence-electron chi connectivity index (χ2n) is 4.92. The molecule has 0 bridgehead atoms. The van der Waals surface area contributed by atoms with Gasteiger partial charge in [-0.3, -0.25) is 14.9 Å². The molecule has 2 amide bonds.